The van der Waals surface area contributed by atoms with Crippen molar-refractivity contribution in [2.24, 2.45) is 0 Å². The summed E-state index contributed by atoms with van der Waals surface area (Å²) in [6.07, 6.45) is 3.58. The van der Waals surface area contributed by atoms with E-state index in [0.717, 1.165) is 27.8 Å². The van der Waals surface area contributed by atoms with Crippen molar-refractivity contribution in [1.29, 1.82) is 0 Å². The average molecular weight is 324 g/mol. The van der Waals surface area contributed by atoms with E-state index >= 15 is 0 Å². The Bertz CT molecular complexity index is 882. The van der Waals surface area contributed by atoms with Gasteiger partial charge < -0.3 is 9.88 Å². The molecule has 0 bridgehead atoms. The number of aryl methyl sites for hydroxylation is 3. The molecule has 126 valence electrons. The van der Waals surface area contributed by atoms with E-state index < -0.39 is 0 Å². The molecule has 0 radical (unpaired) electrons. The molecule has 3 rings (SSSR count). The maximum atomic E-state index is 12.2. The number of aromatic nitrogens is 3. The fourth-order valence-corrected chi connectivity index (χ4v) is 2.47. The number of pyridine rings is 3. The summed E-state index contributed by atoms with van der Waals surface area (Å²) in [4.78, 5) is 20.9. The van der Waals surface area contributed by atoms with Crippen molar-refractivity contribution in [2.45, 2.75) is 41.2 Å². The third-order valence-electron chi connectivity index (χ3n) is 3.64. The Hall–Kier alpha value is -2.69. The number of fused-ring (bicyclic) bond motifs is 1. The minimum atomic E-state index is 0.0422. The number of hydrogen-bond donors (Lipinski definition) is 1. The van der Waals surface area contributed by atoms with Crippen LogP contribution in [0.3, 0.4) is 0 Å². The summed E-state index contributed by atoms with van der Waals surface area (Å²) in [6, 6.07) is 7.66. The first-order chi connectivity index (χ1) is 11.6. The van der Waals surface area contributed by atoms with Crippen LogP contribution in [0.25, 0.3) is 10.9 Å². The van der Waals surface area contributed by atoms with Crippen molar-refractivity contribution in [1.82, 2.24) is 14.5 Å². The maximum Gasteiger partial charge on any atom is 0.253 e. The van der Waals surface area contributed by atoms with E-state index in [0.29, 0.717) is 12.4 Å². The first kappa shape index (κ1) is 17.7. The second-order valence-corrected chi connectivity index (χ2v) is 5.35. The number of nitrogens with zero attached hydrogens (tertiary/aromatic N) is 3. The lowest BCUT2D eigenvalue weighted by Crippen LogP contribution is -2.21. The van der Waals surface area contributed by atoms with Crippen LogP contribution in [0.1, 0.15) is 31.9 Å². The lowest BCUT2D eigenvalue weighted by Gasteiger charge is -2.11. The molecule has 24 heavy (non-hydrogen) atoms. The molecular formula is C19H24N4O. The Balaban J connectivity index is 0.00000100. The lowest BCUT2D eigenvalue weighted by atomic mass is 10.2. The number of nitrogens with one attached hydrogen (secondary N) is 1. The second-order valence-electron chi connectivity index (χ2n) is 5.35. The molecule has 3 aromatic heterocycles. The molecule has 5 heteroatoms. The second kappa shape index (κ2) is 7.73. The van der Waals surface area contributed by atoms with Gasteiger partial charge in [-0.1, -0.05) is 19.9 Å². The predicted octanol–water partition coefficient (Wildman–Crippen LogP) is 4.20. The van der Waals surface area contributed by atoms with Gasteiger partial charge in [0.15, 0.2) is 0 Å². The SMILES string of the molecule is CC.CCn1c(=O)c(C)cc2cnc(Nc3ccc(C)cn3)cc21. The molecule has 0 amide bonds. The van der Waals surface area contributed by atoms with E-state index in [4.69, 9.17) is 0 Å². The fraction of sp³-hybridized carbons (Fsp3) is 0.316. The van der Waals surface area contributed by atoms with Gasteiger partial charge in [-0.25, -0.2) is 9.97 Å². The highest BCUT2D eigenvalue weighted by Gasteiger charge is 2.07. The maximum absolute atomic E-state index is 12.2. The summed E-state index contributed by atoms with van der Waals surface area (Å²) >= 11 is 0. The molecule has 0 aliphatic heterocycles. The predicted molar refractivity (Wildman–Crippen MR) is 100 cm³/mol. The van der Waals surface area contributed by atoms with Crippen LogP contribution in [-0.2, 0) is 6.54 Å². The van der Waals surface area contributed by atoms with E-state index in [1.807, 2.05) is 58.9 Å². The third-order valence-corrected chi connectivity index (χ3v) is 3.64. The van der Waals surface area contributed by atoms with Gasteiger partial charge >= 0.3 is 0 Å². The summed E-state index contributed by atoms with van der Waals surface area (Å²) < 4.78 is 1.76. The molecular weight excluding hydrogens is 300 g/mol. The van der Waals surface area contributed by atoms with Gasteiger partial charge in [-0.15, -0.1) is 0 Å². The number of rotatable bonds is 3. The molecule has 1 N–H and O–H groups in total. The highest BCUT2D eigenvalue weighted by atomic mass is 16.1. The molecule has 0 saturated heterocycles. The quantitative estimate of drug-likeness (QED) is 0.784. The summed E-state index contributed by atoms with van der Waals surface area (Å²) in [7, 11) is 0. The first-order valence-electron chi connectivity index (χ1n) is 8.28. The monoisotopic (exact) mass is 324 g/mol. The van der Waals surface area contributed by atoms with Gasteiger partial charge in [-0.3, -0.25) is 4.79 Å². The zero-order chi connectivity index (χ0) is 17.7. The van der Waals surface area contributed by atoms with E-state index in [1.165, 1.54) is 0 Å². The zero-order valence-electron chi connectivity index (χ0n) is 14.9. The molecule has 3 aromatic rings. The molecule has 3 heterocycles. The highest BCUT2D eigenvalue weighted by Crippen LogP contribution is 2.19. The normalized spacial score (nSPS) is 10.2. The van der Waals surface area contributed by atoms with E-state index in [1.54, 1.807) is 17.0 Å². The Labute approximate surface area is 142 Å². The molecule has 0 spiro atoms. The Kier molecular flexibility index (Phi) is 5.68. The van der Waals surface area contributed by atoms with E-state index in [2.05, 4.69) is 15.3 Å². The molecule has 0 atom stereocenters. The Morgan fingerprint density at radius 1 is 1.04 bits per heavy atom. The molecule has 0 unspecified atom stereocenters. The standard InChI is InChI=1S/C17H18N4O.C2H6/c1-4-21-14-8-16(20-15-6-5-11(2)9-18-15)19-10-13(14)7-12(3)17(21)22;1-2/h5-10H,4H2,1-3H3,(H,18,19,20);1-2H3. The summed E-state index contributed by atoms with van der Waals surface area (Å²) in [6.45, 7) is 10.4. The minimum Gasteiger partial charge on any atom is -0.325 e. The van der Waals surface area contributed by atoms with E-state index in [9.17, 15) is 4.79 Å². The van der Waals surface area contributed by atoms with Gasteiger partial charge in [-0.2, -0.15) is 0 Å². The third kappa shape index (κ3) is 3.62. The van der Waals surface area contributed by atoms with Gasteiger partial charge in [0.1, 0.15) is 11.6 Å². The topological polar surface area (TPSA) is 59.8 Å². The Morgan fingerprint density at radius 3 is 2.38 bits per heavy atom. The average Bonchev–Trinajstić information content (AvgIpc) is 2.60. The van der Waals surface area contributed by atoms with Crippen LogP contribution in [0, 0.1) is 13.8 Å². The molecule has 0 fully saturated rings. The first-order valence-corrected chi connectivity index (χ1v) is 8.28. The Morgan fingerprint density at radius 2 is 1.75 bits per heavy atom. The summed E-state index contributed by atoms with van der Waals surface area (Å²) in [5.74, 6) is 1.41. The molecule has 0 aliphatic carbocycles. The van der Waals surface area contributed by atoms with Crippen molar-refractivity contribution in [3.05, 3.63) is 58.1 Å². The molecule has 0 aliphatic rings. The van der Waals surface area contributed by atoms with Crippen molar-refractivity contribution < 1.29 is 0 Å². The van der Waals surface area contributed by atoms with Crippen molar-refractivity contribution >= 4 is 22.5 Å². The number of hydrogen-bond acceptors (Lipinski definition) is 4. The van der Waals surface area contributed by atoms with Crippen LogP contribution in [-0.4, -0.2) is 14.5 Å². The van der Waals surface area contributed by atoms with Gasteiger partial charge in [0.05, 0.1) is 5.52 Å². The molecule has 0 saturated carbocycles. The fourth-order valence-electron chi connectivity index (χ4n) is 2.47. The van der Waals surface area contributed by atoms with Crippen LogP contribution >= 0.6 is 0 Å². The summed E-state index contributed by atoms with van der Waals surface area (Å²) in [5, 5.41) is 4.13. The largest absolute Gasteiger partial charge is 0.325 e. The van der Waals surface area contributed by atoms with Crippen LogP contribution in [0.4, 0.5) is 11.6 Å². The molecule has 5 nitrogen and oxygen atoms in total. The molecule has 0 aromatic carbocycles. The van der Waals surface area contributed by atoms with Crippen LogP contribution < -0.4 is 10.9 Å². The van der Waals surface area contributed by atoms with Crippen molar-refractivity contribution in [3.63, 3.8) is 0 Å². The summed E-state index contributed by atoms with van der Waals surface area (Å²) in [5.41, 5.74) is 2.76. The van der Waals surface area contributed by atoms with Crippen molar-refractivity contribution in [3.8, 4) is 0 Å². The van der Waals surface area contributed by atoms with Crippen molar-refractivity contribution in [2.75, 3.05) is 5.32 Å². The van der Waals surface area contributed by atoms with Gasteiger partial charge in [0.25, 0.3) is 5.56 Å². The van der Waals surface area contributed by atoms with Crippen LogP contribution in [0.15, 0.2) is 41.5 Å². The smallest absolute Gasteiger partial charge is 0.253 e. The lowest BCUT2D eigenvalue weighted by molar-refractivity contribution is 0.753. The van der Waals surface area contributed by atoms with Crippen LogP contribution in [0.2, 0.25) is 0 Å². The minimum absolute atomic E-state index is 0.0422. The van der Waals surface area contributed by atoms with Gasteiger partial charge in [0.2, 0.25) is 0 Å². The number of anilines is 2. The van der Waals surface area contributed by atoms with Gasteiger partial charge in [0, 0.05) is 36.0 Å². The van der Waals surface area contributed by atoms with E-state index in [-0.39, 0.29) is 5.56 Å². The zero-order valence-corrected chi connectivity index (χ0v) is 14.9. The van der Waals surface area contributed by atoms with Crippen LogP contribution in [0.5, 0.6) is 0 Å². The highest BCUT2D eigenvalue weighted by molar-refractivity contribution is 5.81. The van der Waals surface area contributed by atoms with Gasteiger partial charge in [-0.05, 0) is 38.5 Å².